The van der Waals surface area contributed by atoms with Crippen LogP contribution in [0, 0.1) is 0 Å². The molecule has 1 fully saturated rings. The molecule has 18 heavy (non-hydrogen) atoms. The first-order chi connectivity index (χ1) is 8.09. The van der Waals surface area contributed by atoms with E-state index in [-0.39, 0.29) is 26.3 Å². The van der Waals surface area contributed by atoms with Crippen molar-refractivity contribution in [2.45, 2.75) is 31.6 Å². The highest BCUT2D eigenvalue weighted by atomic mass is 32.3. The minimum absolute atomic E-state index is 0.158. The van der Waals surface area contributed by atoms with Crippen LogP contribution >= 0.6 is 0 Å². The minimum Gasteiger partial charge on any atom is -0.444 e. The molecule has 1 aliphatic rings. The second kappa shape index (κ2) is 5.40. The van der Waals surface area contributed by atoms with E-state index >= 15 is 0 Å². The Hall–Kier alpha value is -0.890. The predicted molar refractivity (Wildman–Crippen MR) is 62.4 cm³/mol. The largest absolute Gasteiger partial charge is 0.444 e. The number of amides is 1. The normalized spacial score (nSPS) is 22.4. The van der Waals surface area contributed by atoms with Crippen molar-refractivity contribution in [3.05, 3.63) is 0 Å². The summed E-state index contributed by atoms with van der Waals surface area (Å²) < 4.78 is 44.8. The fourth-order valence-electron chi connectivity index (χ4n) is 1.44. The number of carbonyl (C=O) groups excluding carboxylic acids is 1. The average molecular weight is 283 g/mol. The Bertz CT molecular complexity index is 403. The van der Waals surface area contributed by atoms with Crippen LogP contribution in [-0.4, -0.2) is 56.6 Å². The van der Waals surface area contributed by atoms with Gasteiger partial charge in [0.1, 0.15) is 10.9 Å². The van der Waals surface area contributed by atoms with E-state index < -0.39 is 27.2 Å². The SMILES string of the molecule is CC(C)(C)OC(=O)N1CCOCC(S(=O)(=O)F)C1. The first kappa shape index (κ1) is 15.2. The number of ether oxygens (including phenoxy) is 2. The third kappa shape index (κ3) is 4.77. The van der Waals surface area contributed by atoms with Crippen LogP contribution in [0.15, 0.2) is 0 Å². The van der Waals surface area contributed by atoms with Gasteiger partial charge < -0.3 is 14.4 Å². The Morgan fingerprint density at radius 2 is 2.06 bits per heavy atom. The molecule has 1 atom stereocenters. The van der Waals surface area contributed by atoms with Gasteiger partial charge in [0.05, 0.1) is 13.2 Å². The standard InChI is InChI=1S/C10H18FNO5S/c1-10(2,3)17-9(13)12-4-5-16-7-8(6-12)18(11,14)15/h8H,4-7H2,1-3H3. The van der Waals surface area contributed by atoms with E-state index in [4.69, 9.17) is 9.47 Å². The highest BCUT2D eigenvalue weighted by Crippen LogP contribution is 2.15. The van der Waals surface area contributed by atoms with Crippen molar-refractivity contribution < 1.29 is 26.6 Å². The maximum absolute atomic E-state index is 12.9. The molecule has 6 nitrogen and oxygen atoms in total. The summed E-state index contributed by atoms with van der Waals surface area (Å²) in [6.07, 6.45) is -0.665. The maximum atomic E-state index is 12.9. The molecular weight excluding hydrogens is 265 g/mol. The summed E-state index contributed by atoms with van der Waals surface area (Å²) in [6.45, 7) is 4.92. The van der Waals surface area contributed by atoms with E-state index in [2.05, 4.69) is 0 Å². The van der Waals surface area contributed by atoms with Crippen LogP contribution in [0.3, 0.4) is 0 Å². The van der Waals surface area contributed by atoms with E-state index in [1.54, 1.807) is 20.8 Å². The summed E-state index contributed by atoms with van der Waals surface area (Å²) in [4.78, 5) is 12.9. The summed E-state index contributed by atoms with van der Waals surface area (Å²) in [5.41, 5.74) is -0.686. The van der Waals surface area contributed by atoms with Crippen molar-refractivity contribution >= 4 is 16.3 Å². The lowest BCUT2D eigenvalue weighted by atomic mass is 10.2. The van der Waals surface area contributed by atoms with Gasteiger partial charge in [-0.3, -0.25) is 0 Å². The second-order valence-electron chi connectivity index (χ2n) is 5.10. The van der Waals surface area contributed by atoms with E-state index in [1.807, 2.05) is 0 Å². The topological polar surface area (TPSA) is 72.9 Å². The van der Waals surface area contributed by atoms with Gasteiger partial charge in [-0.25, -0.2) is 4.79 Å². The molecule has 0 aliphatic carbocycles. The van der Waals surface area contributed by atoms with Crippen molar-refractivity contribution in [2.75, 3.05) is 26.3 Å². The van der Waals surface area contributed by atoms with Crippen molar-refractivity contribution in [2.24, 2.45) is 0 Å². The quantitative estimate of drug-likeness (QED) is 0.669. The lowest BCUT2D eigenvalue weighted by molar-refractivity contribution is 0.0244. The van der Waals surface area contributed by atoms with E-state index in [1.165, 1.54) is 0 Å². The van der Waals surface area contributed by atoms with E-state index in [0.29, 0.717) is 0 Å². The Balaban J connectivity index is 2.73. The van der Waals surface area contributed by atoms with Gasteiger partial charge in [0, 0.05) is 13.1 Å². The minimum atomic E-state index is -4.73. The van der Waals surface area contributed by atoms with Crippen LogP contribution in [0.1, 0.15) is 20.8 Å². The van der Waals surface area contributed by atoms with Crippen molar-refractivity contribution in [3.8, 4) is 0 Å². The Labute approximate surface area is 106 Å². The Kier molecular flexibility index (Phi) is 4.55. The van der Waals surface area contributed by atoms with Crippen LogP contribution in [0.25, 0.3) is 0 Å². The van der Waals surface area contributed by atoms with Gasteiger partial charge in [-0.15, -0.1) is 3.89 Å². The molecule has 1 amide bonds. The van der Waals surface area contributed by atoms with Gasteiger partial charge in [0.15, 0.2) is 0 Å². The fraction of sp³-hybridized carbons (Fsp3) is 0.900. The lowest BCUT2D eigenvalue weighted by Gasteiger charge is -2.26. The molecule has 0 aromatic heterocycles. The summed E-state index contributed by atoms with van der Waals surface area (Å²) in [5, 5.41) is -1.35. The third-order valence-electron chi connectivity index (χ3n) is 2.28. The number of carbonyl (C=O) groups is 1. The predicted octanol–water partition coefficient (Wildman–Crippen LogP) is 0.922. The highest BCUT2D eigenvalue weighted by Gasteiger charge is 2.33. The Morgan fingerprint density at radius 3 is 2.56 bits per heavy atom. The van der Waals surface area contributed by atoms with Crippen molar-refractivity contribution in [1.82, 2.24) is 4.90 Å². The van der Waals surface area contributed by atoms with Crippen LogP contribution in [-0.2, 0) is 19.7 Å². The van der Waals surface area contributed by atoms with Gasteiger partial charge in [-0.05, 0) is 20.8 Å². The smallest absolute Gasteiger partial charge is 0.410 e. The lowest BCUT2D eigenvalue weighted by Crippen LogP contribution is -2.42. The maximum Gasteiger partial charge on any atom is 0.410 e. The van der Waals surface area contributed by atoms with Crippen molar-refractivity contribution in [1.29, 1.82) is 0 Å². The van der Waals surface area contributed by atoms with E-state index in [0.717, 1.165) is 4.90 Å². The summed E-state index contributed by atoms with van der Waals surface area (Å²) >= 11 is 0. The molecule has 1 rings (SSSR count). The van der Waals surface area contributed by atoms with E-state index in [9.17, 15) is 17.1 Å². The third-order valence-corrected chi connectivity index (χ3v) is 3.36. The molecule has 106 valence electrons. The zero-order chi connectivity index (χ0) is 14.0. The molecule has 0 bridgehead atoms. The summed E-state index contributed by atoms with van der Waals surface area (Å²) in [5.74, 6) is 0. The molecule has 0 spiro atoms. The molecule has 8 heteroatoms. The molecule has 1 saturated heterocycles. The number of halogens is 1. The summed E-state index contributed by atoms with van der Waals surface area (Å²) in [7, 11) is -4.73. The fourth-order valence-corrected chi connectivity index (χ4v) is 2.06. The molecule has 0 aromatic rings. The summed E-state index contributed by atoms with van der Waals surface area (Å²) in [6, 6.07) is 0. The molecule has 1 unspecified atom stereocenters. The molecule has 0 saturated carbocycles. The molecular formula is C10H18FNO5S. The van der Waals surface area contributed by atoms with Gasteiger partial charge in [-0.1, -0.05) is 0 Å². The monoisotopic (exact) mass is 283 g/mol. The number of hydrogen-bond acceptors (Lipinski definition) is 5. The Morgan fingerprint density at radius 1 is 1.44 bits per heavy atom. The number of rotatable bonds is 1. The number of nitrogens with zero attached hydrogens (tertiary/aromatic N) is 1. The molecule has 0 aromatic carbocycles. The molecule has 0 radical (unpaired) electrons. The van der Waals surface area contributed by atoms with Crippen LogP contribution in [0.4, 0.5) is 8.68 Å². The zero-order valence-electron chi connectivity index (χ0n) is 10.7. The van der Waals surface area contributed by atoms with Gasteiger partial charge >= 0.3 is 16.3 Å². The number of hydrogen-bond donors (Lipinski definition) is 0. The van der Waals surface area contributed by atoms with Crippen LogP contribution in [0.2, 0.25) is 0 Å². The molecule has 0 N–H and O–H groups in total. The van der Waals surface area contributed by atoms with Gasteiger partial charge in [-0.2, -0.15) is 8.42 Å². The first-order valence-corrected chi connectivity index (χ1v) is 7.03. The van der Waals surface area contributed by atoms with Crippen molar-refractivity contribution in [3.63, 3.8) is 0 Å². The second-order valence-corrected chi connectivity index (χ2v) is 6.72. The van der Waals surface area contributed by atoms with Gasteiger partial charge in [0.25, 0.3) is 0 Å². The molecule has 1 aliphatic heterocycles. The van der Waals surface area contributed by atoms with Crippen LogP contribution < -0.4 is 0 Å². The highest BCUT2D eigenvalue weighted by molar-refractivity contribution is 7.87. The zero-order valence-corrected chi connectivity index (χ0v) is 11.5. The average Bonchev–Trinajstić information content (AvgIpc) is 2.38. The first-order valence-electron chi connectivity index (χ1n) is 5.59. The van der Waals surface area contributed by atoms with Crippen LogP contribution in [0.5, 0.6) is 0 Å². The molecule has 1 heterocycles. The van der Waals surface area contributed by atoms with Gasteiger partial charge in [0.2, 0.25) is 0 Å².